The number of carbonyl (C=O) groups excluding carboxylic acids is 3. The Morgan fingerprint density at radius 1 is 1.04 bits per heavy atom. The van der Waals surface area contributed by atoms with Crippen molar-refractivity contribution >= 4 is 35.1 Å². The predicted octanol–water partition coefficient (Wildman–Crippen LogP) is 3.04. The van der Waals surface area contributed by atoms with Gasteiger partial charge in [-0.05, 0) is 62.4 Å². The molecule has 2 N–H and O–H groups in total. The summed E-state index contributed by atoms with van der Waals surface area (Å²) in [5.41, 5.74) is 0.908. The molecule has 0 aliphatic rings. The van der Waals surface area contributed by atoms with Crippen LogP contribution in [0, 0.1) is 0 Å². The number of hydrogen-bond acceptors (Lipinski definition) is 5. The lowest BCUT2D eigenvalue weighted by Crippen LogP contribution is -2.40. The first-order chi connectivity index (χ1) is 13.4. The maximum atomic E-state index is 12.1. The molecule has 2 rings (SSSR count). The molecule has 148 valence electrons. The normalized spacial score (nSPS) is 11.2. The number of halogens is 1. The third kappa shape index (κ3) is 6.59. The highest BCUT2D eigenvalue weighted by Gasteiger charge is 2.19. The molecule has 0 aliphatic heterocycles. The SMILES string of the molecule is CCOc1ccc(NC(=O)COC(=O)[C@H](C)NC(=O)c2ccc(Cl)cc2)cc1. The molecule has 0 spiro atoms. The zero-order valence-corrected chi connectivity index (χ0v) is 16.3. The van der Waals surface area contributed by atoms with Crippen LogP contribution < -0.4 is 15.4 Å². The number of nitrogens with one attached hydrogen (secondary N) is 2. The van der Waals surface area contributed by atoms with Crippen LogP contribution in [-0.4, -0.2) is 37.0 Å². The van der Waals surface area contributed by atoms with Gasteiger partial charge in [0.15, 0.2) is 6.61 Å². The number of esters is 1. The van der Waals surface area contributed by atoms with E-state index in [1.54, 1.807) is 48.5 Å². The molecule has 0 unspecified atom stereocenters. The maximum absolute atomic E-state index is 12.1. The van der Waals surface area contributed by atoms with E-state index < -0.39 is 30.4 Å². The monoisotopic (exact) mass is 404 g/mol. The van der Waals surface area contributed by atoms with Crippen LogP contribution in [0.1, 0.15) is 24.2 Å². The van der Waals surface area contributed by atoms with E-state index in [1.807, 2.05) is 6.92 Å². The molecular weight excluding hydrogens is 384 g/mol. The van der Waals surface area contributed by atoms with Gasteiger partial charge in [-0.2, -0.15) is 0 Å². The van der Waals surface area contributed by atoms with Gasteiger partial charge in [0.25, 0.3) is 11.8 Å². The van der Waals surface area contributed by atoms with E-state index in [-0.39, 0.29) is 0 Å². The highest BCUT2D eigenvalue weighted by atomic mass is 35.5. The van der Waals surface area contributed by atoms with E-state index in [9.17, 15) is 14.4 Å². The summed E-state index contributed by atoms with van der Waals surface area (Å²) in [5, 5.41) is 5.61. The highest BCUT2D eigenvalue weighted by Crippen LogP contribution is 2.15. The molecule has 0 radical (unpaired) electrons. The molecule has 0 saturated heterocycles. The Bertz CT molecular complexity index is 821. The summed E-state index contributed by atoms with van der Waals surface area (Å²) in [6.45, 7) is 3.44. The summed E-state index contributed by atoms with van der Waals surface area (Å²) in [5.74, 6) is -0.963. The average Bonchev–Trinajstić information content (AvgIpc) is 2.68. The van der Waals surface area contributed by atoms with Crippen LogP contribution in [0.2, 0.25) is 5.02 Å². The summed E-state index contributed by atoms with van der Waals surface area (Å²) in [7, 11) is 0. The van der Waals surface area contributed by atoms with Crippen molar-refractivity contribution in [2.75, 3.05) is 18.5 Å². The van der Waals surface area contributed by atoms with Crippen molar-refractivity contribution in [1.82, 2.24) is 5.32 Å². The lowest BCUT2D eigenvalue weighted by Gasteiger charge is -2.13. The summed E-state index contributed by atoms with van der Waals surface area (Å²) in [6.07, 6.45) is 0. The zero-order valence-electron chi connectivity index (χ0n) is 15.5. The number of ether oxygens (including phenoxy) is 2. The van der Waals surface area contributed by atoms with Gasteiger partial charge < -0.3 is 20.1 Å². The van der Waals surface area contributed by atoms with Crippen molar-refractivity contribution in [2.24, 2.45) is 0 Å². The number of anilines is 1. The second-order valence-electron chi connectivity index (χ2n) is 5.82. The molecule has 0 aliphatic carbocycles. The molecule has 2 aromatic rings. The molecule has 28 heavy (non-hydrogen) atoms. The average molecular weight is 405 g/mol. The van der Waals surface area contributed by atoms with E-state index >= 15 is 0 Å². The van der Waals surface area contributed by atoms with Gasteiger partial charge in [-0.25, -0.2) is 4.79 Å². The van der Waals surface area contributed by atoms with Gasteiger partial charge in [0.05, 0.1) is 6.61 Å². The Balaban J connectivity index is 1.77. The fourth-order valence-electron chi connectivity index (χ4n) is 2.20. The van der Waals surface area contributed by atoms with E-state index in [2.05, 4.69) is 10.6 Å². The molecule has 8 heteroatoms. The van der Waals surface area contributed by atoms with Gasteiger partial charge >= 0.3 is 5.97 Å². The van der Waals surface area contributed by atoms with E-state index in [1.165, 1.54) is 6.92 Å². The van der Waals surface area contributed by atoms with Crippen LogP contribution in [0.25, 0.3) is 0 Å². The minimum absolute atomic E-state index is 0.359. The maximum Gasteiger partial charge on any atom is 0.328 e. The minimum Gasteiger partial charge on any atom is -0.494 e. The van der Waals surface area contributed by atoms with Gasteiger partial charge in [0.2, 0.25) is 0 Å². The number of rotatable bonds is 8. The first kappa shape index (κ1) is 21.2. The van der Waals surface area contributed by atoms with Crippen LogP contribution >= 0.6 is 11.6 Å². The second-order valence-corrected chi connectivity index (χ2v) is 6.25. The van der Waals surface area contributed by atoms with E-state index in [4.69, 9.17) is 21.1 Å². The minimum atomic E-state index is -0.915. The smallest absolute Gasteiger partial charge is 0.328 e. The van der Waals surface area contributed by atoms with Crippen molar-refractivity contribution in [3.63, 3.8) is 0 Å². The first-order valence-corrected chi connectivity index (χ1v) is 9.02. The topological polar surface area (TPSA) is 93.7 Å². The van der Waals surface area contributed by atoms with Crippen LogP contribution in [0.15, 0.2) is 48.5 Å². The molecule has 2 amide bonds. The van der Waals surface area contributed by atoms with Gasteiger partial charge in [0.1, 0.15) is 11.8 Å². The molecule has 2 aromatic carbocycles. The Hall–Kier alpha value is -3.06. The first-order valence-electron chi connectivity index (χ1n) is 8.65. The molecule has 1 atom stereocenters. The van der Waals surface area contributed by atoms with Gasteiger partial charge in [-0.15, -0.1) is 0 Å². The largest absolute Gasteiger partial charge is 0.494 e. The number of amides is 2. The van der Waals surface area contributed by atoms with Crippen LogP contribution in [-0.2, 0) is 14.3 Å². The fraction of sp³-hybridized carbons (Fsp3) is 0.250. The van der Waals surface area contributed by atoms with Gasteiger partial charge in [-0.3, -0.25) is 9.59 Å². The van der Waals surface area contributed by atoms with Crippen molar-refractivity contribution in [2.45, 2.75) is 19.9 Å². The van der Waals surface area contributed by atoms with Gasteiger partial charge in [-0.1, -0.05) is 11.6 Å². The number of carbonyl (C=O) groups is 3. The lowest BCUT2D eigenvalue weighted by molar-refractivity contribution is -0.148. The molecular formula is C20H21ClN2O5. The van der Waals surface area contributed by atoms with Crippen molar-refractivity contribution in [3.05, 3.63) is 59.1 Å². The fourth-order valence-corrected chi connectivity index (χ4v) is 2.33. The molecule has 0 aromatic heterocycles. The predicted molar refractivity (Wildman–Crippen MR) is 106 cm³/mol. The summed E-state index contributed by atoms with van der Waals surface area (Å²) in [6, 6.07) is 12.1. The Labute approximate surface area is 168 Å². The third-order valence-electron chi connectivity index (χ3n) is 3.60. The van der Waals surface area contributed by atoms with Crippen molar-refractivity contribution in [3.8, 4) is 5.75 Å². The molecule has 0 bridgehead atoms. The quantitative estimate of drug-likeness (QED) is 0.659. The third-order valence-corrected chi connectivity index (χ3v) is 3.85. The summed E-state index contributed by atoms with van der Waals surface area (Å²) < 4.78 is 10.3. The molecule has 7 nitrogen and oxygen atoms in total. The Morgan fingerprint density at radius 3 is 2.29 bits per heavy atom. The Morgan fingerprint density at radius 2 is 1.68 bits per heavy atom. The second kappa shape index (κ2) is 10.3. The Kier molecular flexibility index (Phi) is 7.83. The number of hydrogen-bond donors (Lipinski definition) is 2. The molecule has 0 heterocycles. The van der Waals surface area contributed by atoms with Crippen molar-refractivity contribution in [1.29, 1.82) is 0 Å². The van der Waals surface area contributed by atoms with Crippen LogP contribution in [0.5, 0.6) is 5.75 Å². The summed E-state index contributed by atoms with van der Waals surface area (Å²) >= 11 is 5.77. The van der Waals surface area contributed by atoms with Crippen LogP contribution in [0.4, 0.5) is 5.69 Å². The van der Waals surface area contributed by atoms with E-state index in [0.29, 0.717) is 28.6 Å². The van der Waals surface area contributed by atoms with Crippen LogP contribution in [0.3, 0.4) is 0 Å². The molecule has 0 saturated carbocycles. The highest BCUT2D eigenvalue weighted by molar-refractivity contribution is 6.30. The standard InChI is InChI=1S/C20H21ClN2O5/c1-3-27-17-10-8-16(9-11-17)23-18(24)12-28-20(26)13(2)22-19(25)14-4-6-15(21)7-5-14/h4-11,13H,3,12H2,1-2H3,(H,22,25)(H,23,24)/t13-/m0/s1. The summed E-state index contributed by atoms with van der Waals surface area (Å²) in [4.78, 5) is 36.0. The van der Waals surface area contributed by atoms with Gasteiger partial charge in [0, 0.05) is 16.3 Å². The molecule has 0 fully saturated rings. The zero-order chi connectivity index (χ0) is 20.5. The van der Waals surface area contributed by atoms with E-state index in [0.717, 1.165) is 0 Å². The lowest BCUT2D eigenvalue weighted by atomic mass is 10.2. The van der Waals surface area contributed by atoms with Crippen molar-refractivity contribution < 1.29 is 23.9 Å². The number of benzene rings is 2.